The average molecular weight is 162 g/mol. The van der Waals surface area contributed by atoms with E-state index in [4.69, 9.17) is 0 Å². The average Bonchev–Trinajstić information content (AvgIpc) is 2.04. The van der Waals surface area contributed by atoms with Crippen LogP contribution in [0.1, 0.15) is 22.3 Å². The molecule has 1 aliphatic carbocycles. The van der Waals surface area contributed by atoms with E-state index in [9.17, 15) is 9.90 Å². The van der Waals surface area contributed by atoms with Gasteiger partial charge in [-0.15, -0.1) is 0 Å². The maximum atomic E-state index is 11.3. The number of aliphatic hydroxyl groups excluding tert-OH is 1. The normalized spacial score (nSPS) is 22.1. The second-order valence-electron chi connectivity index (χ2n) is 3.14. The number of hydrogen-bond acceptors (Lipinski definition) is 2. The van der Waals surface area contributed by atoms with E-state index >= 15 is 0 Å². The van der Waals surface area contributed by atoms with Gasteiger partial charge in [-0.05, 0) is 12.0 Å². The molecule has 0 spiro atoms. The van der Waals surface area contributed by atoms with Gasteiger partial charge >= 0.3 is 0 Å². The Bertz CT molecular complexity index is 317. The number of ketones is 1. The maximum Gasteiger partial charge on any atom is 0.165 e. The lowest BCUT2D eigenvalue weighted by molar-refractivity contribution is 0.0853. The van der Waals surface area contributed by atoms with Crippen molar-refractivity contribution in [3.05, 3.63) is 35.4 Å². The van der Waals surface area contributed by atoms with Crippen molar-refractivity contribution in [2.75, 3.05) is 0 Å². The van der Waals surface area contributed by atoms with Crippen molar-refractivity contribution in [2.45, 2.75) is 18.9 Å². The molecule has 0 fully saturated rings. The molecule has 0 radical (unpaired) electrons. The molecule has 1 aliphatic rings. The highest BCUT2D eigenvalue weighted by Gasteiger charge is 2.22. The Kier molecular flexibility index (Phi) is 1.70. The SMILES string of the molecule is O=C1C[C@H](O)Cc2ccccc21. The van der Waals surface area contributed by atoms with Crippen LogP contribution in [0.4, 0.5) is 0 Å². The predicted octanol–water partition coefficient (Wildman–Crippen LogP) is 1.18. The van der Waals surface area contributed by atoms with Crippen molar-refractivity contribution in [3.8, 4) is 0 Å². The van der Waals surface area contributed by atoms with E-state index in [1.54, 1.807) is 0 Å². The largest absolute Gasteiger partial charge is 0.392 e. The first-order valence-corrected chi connectivity index (χ1v) is 4.06. The van der Waals surface area contributed by atoms with E-state index in [0.29, 0.717) is 6.42 Å². The molecule has 0 bridgehead atoms. The zero-order chi connectivity index (χ0) is 8.55. The van der Waals surface area contributed by atoms with Crippen molar-refractivity contribution < 1.29 is 9.90 Å². The summed E-state index contributed by atoms with van der Waals surface area (Å²) in [7, 11) is 0. The minimum atomic E-state index is -0.479. The van der Waals surface area contributed by atoms with Gasteiger partial charge in [0, 0.05) is 12.0 Å². The van der Waals surface area contributed by atoms with E-state index in [-0.39, 0.29) is 12.2 Å². The molecule has 0 amide bonds. The molecule has 1 atom stereocenters. The molecule has 0 heterocycles. The molecule has 2 rings (SSSR count). The molecule has 0 saturated carbocycles. The summed E-state index contributed by atoms with van der Waals surface area (Å²) in [5, 5.41) is 9.31. The Morgan fingerprint density at radius 3 is 2.83 bits per heavy atom. The topological polar surface area (TPSA) is 37.3 Å². The van der Waals surface area contributed by atoms with Crippen LogP contribution in [0.5, 0.6) is 0 Å². The third-order valence-electron chi connectivity index (χ3n) is 2.19. The van der Waals surface area contributed by atoms with Crippen molar-refractivity contribution in [1.82, 2.24) is 0 Å². The van der Waals surface area contributed by atoms with Gasteiger partial charge in [0.05, 0.1) is 6.10 Å². The third kappa shape index (κ3) is 1.14. The van der Waals surface area contributed by atoms with E-state index in [0.717, 1.165) is 11.1 Å². The molecule has 1 aromatic carbocycles. The lowest BCUT2D eigenvalue weighted by atomic mass is 9.89. The van der Waals surface area contributed by atoms with Crippen LogP contribution in [-0.4, -0.2) is 17.0 Å². The van der Waals surface area contributed by atoms with Crippen LogP contribution in [0.25, 0.3) is 0 Å². The zero-order valence-electron chi connectivity index (χ0n) is 6.66. The lowest BCUT2D eigenvalue weighted by Crippen LogP contribution is -2.23. The summed E-state index contributed by atoms with van der Waals surface area (Å²) in [5.41, 5.74) is 1.75. The van der Waals surface area contributed by atoms with E-state index < -0.39 is 6.10 Å². The second-order valence-corrected chi connectivity index (χ2v) is 3.14. The monoisotopic (exact) mass is 162 g/mol. The fourth-order valence-electron chi connectivity index (χ4n) is 1.62. The first-order chi connectivity index (χ1) is 5.77. The second kappa shape index (κ2) is 2.72. The van der Waals surface area contributed by atoms with Gasteiger partial charge in [0.15, 0.2) is 5.78 Å². The molecule has 2 nitrogen and oxygen atoms in total. The Morgan fingerprint density at radius 1 is 1.25 bits per heavy atom. The summed E-state index contributed by atoms with van der Waals surface area (Å²) in [5.74, 6) is 0.0596. The predicted molar refractivity (Wildman–Crippen MR) is 45.1 cm³/mol. The van der Waals surface area contributed by atoms with Gasteiger partial charge in [-0.3, -0.25) is 4.79 Å². The van der Waals surface area contributed by atoms with E-state index in [2.05, 4.69) is 0 Å². The van der Waals surface area contributed by atoms with Crippen LogP contribution in [0.3, 0.4) is 0 Å². The molecule has 1 N–H and O–H groups in total. The van der Waals surface area contributed by atoms with Crippen LogP contribution in [0, 0.1) is 0 Å². The zero-order valence-corrected chi connectivity index (χ0v) is 6.66. The summed E-state index contributed by atoms with van der Waals surface area (Å²) in [6.45, 7) is 0. The number of aliphatic hydroxyl groups is 1. The molecular formula is C10H10O2. The fraction of sp³-hybridized carbons (Fsp3) is 0.300. The molecule has 0 aromatic heterocycles. The Balaban J connectivity index is 2.47. The highest BCUT2D eigenvalue weighted by Crippen LogP contribution is 2.20. The summed E-state index contributed by atoms with van der Waals surface area (Å²) in [6, 6.07) is 7.47. The maximum absolute atomic E-state index is 11.3. The Morgan fingerprint density at radius 2 is 2.00 bits per heavy atom. The van der Waals surface area contributed by atoms with Crippen LogP contribution in [0.2, 0.25) is 0 Å². The number of benzene rings is 1. The van der Waals surface area contributed by atoms with Crippen LogP contribution >= 0.6 is 0 Å². The lowest BCUT2D eigenvalue weighted by Gasteiger charge is -2.18. The minimum Gasteiger partial charge on any atom is -0.392 e. The van der Waals surface area contributed by atoms with E-state index in [1.807, 2.05) is 24.3 Å². The molecule has 0 saturated heterocycles. The van der Waals surface area contributed by atoms with Crippen LogP contribution in [0.15, 0.2) is 24.3 Å². The summed E-state index contributed by atoms with van der Waals surface area (Å²) in [4.78, 5) is 11.3. The quantitative estimate of drug-likeness (QED) is 0.622. The standard InChI is InChI=1S/C10H10O2/c11-8-5-7-3-1-2-4-9(7)10(12)6-8/h1-4,8,11H,5-6H2/t8-/m1/s1. The summed E-state index contributed by atoms with van der Waals surface area (Å²) < 4.78 is 0. The highest BCUT2D eigenvalue weighted by molar-refractivity contribution is 5.98. The number of rotatable bonds is 0. The van der Waals surface area contributed by atoms with Gasteiger partial charge in [-0.1, -0.05) is 24.3 Å². The van der Waals surface area contributed by atoms with Gasteiger partial charge in [0.2, 0.25) is 0 Å². The summed E-state index contributed by atoms with van der Waals surface area (Å²) >= 11 is 0. The third-order valence-corrected chi connectivity index (χ3v) is 2.19. The summed E-state index contributed by atoms with van der Waals surface area (Å²) in [6.07, 6.45) is 0.409. The first-order valence-electron chi connectivity index (χ1n) is 4.06. The van der Waals surface area contributed by atoms with Crippen molar-refractivity contribution in [3.63, 3.8) is 0 Å². The molecule has 0 aliphatic heterocycles. The smallest absolute Gasteiger partial charge is 0.165 e. The van der Waals surface area contributed by atoms with Gasteiger partial charge in [0.1, 0.15) is 0 Å². The number of carbonyl (C=O) groups is 1. The molecule has 12 heavy (non-hydrogen) atoms. The van der Waals surface area contributed by atoms with Gasteiger partial charge in [0.25, 0.3) is 0 Å². The number of carbonyl (C=O) groups excluding carboxylic acids is 1. The highest BCUT2D eigenvalue weighted by atomic mass is 16.3. The number of Topliss-reactive ketones (excluding diaryl/α,β-unsaturated/α-hetero) is 1. The molecule has 2 heteroatoms. The van der Waals surface area contributed by atoms with Crippen molar-refractivity contribution in [2.24, 2.45) is 0 Å². The van der Waals surface area contributed by atoms with Crippen LogP contribution < -0.4 is 0 Å². The molecule has 62 valence electrons. The molecular weight excluding hydrogens is 152 g/mol. The molecule has 1 aromatic rings. The number of hydrogen-bond donors (Lipinski definition) is 1. The van der Waals surface area contributed by atoms with Gasteiger partial charge < -0.3 is 5.11 Å². The molecule has 0 unspecified atom stereocenters. The fourth-order valence-corrected chi connectivity index (χ4v) is 1.62. The minimum absolute atomic E-state index is 0.0596. The van der Waals surface area contributed by atoms with Crippen molar-refractivity contribution >= 4 is 5.78 Å². The Hall–Kier alpha value is -1.15. The first kappa shape index (κ1) is 7.50. The van der Waals surface area contributed by atoms with Gasteiger partial charge in [-0.2, -0.15) is 0 Å². The number of fused-ring (bicyclic) bond motifs is 1. The van der Waals surface area contributed by atoms with Gasteiger partial charge in [-0.25, -0.2) is 0 Å². The van der Waals surface area contributed by atoms with E-state index in [1.165, 1.54) is 0 Å². The van der Waals surface area contributed by atoms with Crippen LogP contribution in [-0.2, 0) is 6.42 Å². The Labute approximate surface area is 70.8 Å². The van der Waals surface area contributed by atoms with Crippen molar-refractivity contribution in [1.29, 1.82) is 0 Å².